The van der Waals surface area contributed by atoms with E-state index in [0.717, 1.165) is 4.88 Å². The van der Waals surface area contributed by atoms with Gasteiger partial charge in [-0.15, -0.1) is 11.3 Å². The predicted octanol–water partition coefficient (Wildman–Crippen LogP) is 1.60. The zero-order valence-corrected chi connectivity index (χ0v) is 9.60. The number of carbonyl (C=O) groups is 1. The van der Waals surface area contributed by atoms with Crippen LogP contribution in [0.3, 0.4) is 0 Å². The van der Waals surface area contributed by atoms with Crippen LogP contribution >= 0.6 is 11.3 Å². The topological polar surface area (TPSA) is 55.8 Å². The SMILES string of the molecule is COC(=O)c1sc(C)cc1OCCCO. The van der Waals surface area contributed by atoms with Gasteiger partial charge in [0.25, 0.3) is 0 Å². The highest BCUT2D eigenvalue weighted by molar-refractivity contribution is 7.14. The molecule has 5 heteroatoms. The molecule has 0 fully saturated rings. The van der Waals surface area contributed by atoms with Crippen molar-refractivity contribution in [2.75, 3.05) is 20.3 Å². The molecule has 0 unspecified atom stereocenters. The van der Waals surface area contributed by atoms with E-state index in [9.17, 15) is 4.79 Å². The van der Waals surface area contributed by atoms with E-state index in [1.807, 2.05) is 6.92 Å². The molecule has 4 nitrogen and oxygen atoms in total. The summed E-state index contributed by atoms with van der Waals surface area (Å²) in [6, 6.07) is 1.80. The van der Waals surface area contributed by atoms with Crippen LogP contribution in [-0.4, -0.2) is 31.4 Å². The van der Waals surface area contributed by atoms with Crippen LogP contribution in [0.25, 0.3) is 0 Å². The third kappa shape index (κ3) is 3.21. The summed E-state index contributed by atoms with van der Waals surface area (Å²) in [5.74, 6) is 0.157. The van der Waals surface area contributed by atoms with Gasteiger partial charge >= 0.3 is 5.97 Å². The molecule has 0 aliphatic rings. The second-order valence-corrected chi connectivity index (χ2v) is 4.22. The average molecular weight is 230 g/mol. The number of aliphatic hydroxyl groups excluding tert-OH is 1. The Morgan fingerprint density at radius 3 is 2.93 bits per heavy atom. The minimum Gasteiger partial charge on any atom is -0.492 e. The van der Waals surface area contributed by atoms with Gasteiger partial charge in [-0.25, -0.2) is 4.79 Å². The normalized spacial score (nSPS) is 10.1. The summed E-state index contributed by atoms with van der Waals surface area (Å²) in [5.41, 5.74) is 0. The van der Waals surface area contributed by atoms with Gasteiger partial charge in [0.05, 0.1) is 13.7 Å². The summed E-state index contributed by atoms with van der Waals surface area (Å²) in [6.45, 7) is 2.38. The Morgan fingerprint density at radius 1 is 1.60 bits per heavy atom. The molecular weight excluding hydrogens is 216 g/mol. The number of thiophene rings is 1. The van der Waals surface area contributed by atoms with Gasteiger partial charge in [0.1, 0.15) is 5.75 Å². The molecule has 0 aliphatic heterocycles. The predicted molar refractivity (Wildman–Crippen MR) is 57.6 cm³/mol. The number of carbonyl (C=O) groups excluding carboxylic acids is 1. The standard InChI is InChI=1S/C10H14O4S/c1-7-6-8(14-5-3-4-11)9(15-7)10(12)13-2/h6,11H,3-5H2,1-2H3. The zero-order valence-electron chi connectivity index (χ0n) is 8.78. The number of methoxy groups -OCH3 is 1. The van der Waals surface area contributed by atoms with E-state index in [0.29, 0.717) is 23.7 Å². The van der Waals surface area contributed by atoms with Gasteiger partial charge in [0.2, 0.25) is 0 Å². The Bertz CT molecular complexity index is 332. The van der Waals surface area contributed by atoms with Crippen molar-refractivity contribution in [2.45, 2.75) is 13.3 Å². The first-order valence-electron chi connectivity index (χ1n) is 4.61. The molecule has 0 aromatic carbocycles. The zero-order chi connectivity index (χ0) is 11.3. The molecule has 0 saturated heterocycles. The van der Waals surface area contributed by atoms with Gasteiger partial charge in [-0.05, 0) is 13.0 Å². The van der Waals surface area contributed by atoms with Crippen molar-refractivity contribution in [3.05, 3.63) is 15.8 Å². The number of rotatable bonds is 5. The molecule has 0 atom stereocenters. The van der Waals surface area contributed by atoms with E-state index in [4.69, 9.17) is 9.84 Å². The molecule has 1 N–H and O–H groups in total. The maximum absolute atomic E-state index is 11.3. The van der Waals surface area contributed by atoms with Crippen molar-refractivity contribution < 1.29 is 19.4 Å². The quantitative estimate of drug-likeness (QED) is 0.616. The second-order valence-electron chi connectivity index (χ2n) is 2.97. The number of aryl methyl sites for hydroxylation is 1. The third-order valence-electron chi connectivity index (χ3n) is 1.75. The monoisotopic (exact) mass is 230 g/mol. The highest BCUT2D eigenvalue weighted by Crippen LogP contribution is 2.29. The van der Waals surface area contributed by atoms with Crippen molar-refractivity contribution in [1.29, 1.82) is 0 Å². The van der Waals surface area contributed by atoms with Gasteiger partial charge in [0.15, 0.2) is 4.88 Å². The molecule has 1 aromatic heterocycles. The Kier molecular flexibility index (Phi) is 4.58. The maximum Gasteiger partial charge on any atom is 0.351 e. The summed E-state index contributed by atoms with van der Waals surface area (Å²) < 4.78 is 10.0. The van der Waals surface area contributed by atoms with Crippen LogP contribution in [0.5, 0.6) is 5.75 Å². The molecule has 0 bridgehead atoms. The van der Waals surface area contributed by atoms with Crippen LogP contribution in [-0.2, 0) is 4.74 Å². The lowest BCUT2D eigenvalue weighted by atomic mass is 10.4. The summed E-state index contributed by atoms with van der Waals surface area (Å²) in [7, 11) is 1.34. The van der Waals surface area contributed by atoms with E-state index in [1.165, 1.54) is 18.4 Å². The van der Waals surface area contributed by atoms with Crippen LogP contribution in [0, 0.1) is 6.92 Å². The number of hydrogen-bond donors (Lipinski definition) is 1. The fourth-order valence-electron chi connectivity index (χ4n) is 1.08. The largest absolute Gasteiger partial charge is 0.492 e. The van der Waals surface area contributed by atoms with Crippen molar-refractivity contribution in [2.24, 2.45) is 0 Å². The fourth-order valence-corrected chi connectivity index (χ4v) is 1.95. The first-order valence-corrected chi connectivity index (χ1v) is 5.43. The van der Waals surface area contributed by atoms with Crippen molar-refractivity contribution in [1.82, 2.24) is 0 Å². The summed E-state index contributed by atoms with van der Waals surface area (Å²) in [5, 5.41) is 8.61. The Labute approximate surface area is 92.4 Å². The molecule has 0 spiro atoms. The maximum atomic E-state index is 11.3. The van der Waals surface area contributed by atoms with E-state index in [1.54, 1.807) is 6.07 Å². The van der Waals surface area contributed by atoms with Crippen LogP contribution < -0.4 is 4.74 Å². The molecule has 0 radical (unpaired) electrons. The lowest BCUT2D eigenvalue weighted by molar-refractivity contribution is 0.0602. The highest BCUT2D eigenvalue weighted by Gasteiger charge is 2.16. The molecule has 1 rings (SSSR count). The molecule has 0 saturated carbocycles. The molecule has 84 valence electrons. The summed E-state index contributed by atoms with van der Waals surface area (Å²) in [4.78, 5) is 12.8. The van der Waals surface area contributed by atoms with E-state index in [2.05, 4.69) is 4.74 Å². The molecule has 1 heterocycles. The number of esters is 1. The van der Waals surface area contributed by atoms with Crippen molar-refractivity contribution in [3.63, 3.8) is 0 Å². The Hall–Kier alpha value is -1.07. The van der Waals surface area contributed by atoms with Crippen LogP contribution in [0.4, 0.5) is 0 Å². The molecule has 0 amide bonds. The average Bonchev–Trinajstić information content (AvgIpc) is 2.59. The van der Waals surface area contributed by atoms with Gasteiger partial charge in [0, 0.05) is 17.9 Å². The van der Waals surface area contributed by atoms with Crippen LogP contribution in [0.2, 0.25) is 0 Å². The van der Waals surface area contributed by atoms with Gasteiger partial charge < -0.3 is 14.6 Å². The lowest BCUT2D eigenvalue weighted by Gasteiger charge is -2.04. The Morgan fingerprint density at radius 2 is 2.33 bits per heavy atom. The third-order valence-corrected chi connectivity index (χ3v) is 2.76. The van der Waals surface area contributed by atoms with Crippen molar-refractivity contribution in [3.8, 4) is 5.75 Å². The smallest absolute Gasteiger partial charge is 0.351 e. The number of ether oxygens (including phenoxy) is 2. The lowest BCUT2D eigenvalue weighted by Crippen LogP contribution is -2.04. The molecular formula is C10H14O4S. The molecule has 1 aromatic rings. The van der Waals surface area contributed by atoms with E-state index < -0.39 is 0 Å². The first-order chi connectivity index (χ1) is 7.19. The second kappa shape index (κ2) is 5.72. The minimum atomic E-state index is -0.382. The first kappa shape index (κ1) is 12.0. The van der Waals surface area contributed by atoms with E-state index >= 15 is 0 Å². The number of hydrogen-bond acceptors (Lipinski definition) is 5. The summed E-state index contributed by atoms with van der Waals surface area (Å²) >= 11 is 1.34. The van der Waals surface area contributed by atoms with Crippen molar-refractivity contribution >= 4 is 17.3 Å². The van der Waals surface area contributed by atoms with E-state index in [-0.39, 0.29) is 12.6 Å². The van der Waals surface area contributed by atoms with Crippen LogP contribution in [0.1, 0.15) is 21.0 Å². The van der Waals surface area contributed by atoms with Gasteiger partial charge in [-0.1, -0.05) is 0 Å². The molecule has 15 heavy (non-hydrogen) atoms. The highest BCUT2D eigenvalue weighted by atomic mass is 32.1. The minimum absolute atomic E-state index is 0.0800. The fraction of sp³-hybridized carbons (Fsp3) is 0.500. The number of aliphatic hydroxyl groups is 1. The molecule has 0 aliphatic carbocycles. The van der Waals surface area contributed by atoms with Gasteiger partial charge in [-0.3, -0.25) is 0 Å². The van der Waals surface area contributed by atoms with Gasteiger partial charge in [-0.2, -0.15) is 0 Å². The summed E-state index contributed by atoms with van der Waals surface area (Å²) in [6.07, 6.45) is 0.551. The van der Waals surface area contributed by atoms with Crippen LogP contribution in [0.15, 0.2) is 6.07 Å². The Balaban J connectivity index is 2.72.